The average molecular weight is 508 g/mol. The molecule has 1 saturated carbocycles. The Bertz CT molecular complexity index is 1530. The van der Waals surface area contributed by atoms with Crippen molar-refractivity contribution in [3.63, 3.8) is 0 Å². The predicted molar refractivity (Wildman–Crippen MR) is 148 cm³/mol. The fraction of sp³-hybridized carbons (Fsp3) is 0.387. The summed E-state index contributed by atoms with van der Waals surface area (Å²) in [5, 5.41) is 4.50. The fourth-order valence-corrected chi connectivity index (χ4v) is 6.47. The van der Waals surface area contributed by atoms with E-state index >= 15 is 0 Å². The van der Waals surface area contributed by atoms with Gasteiger partial charge in [0.1, 0.15) is 6.26 Å². The van der Waals surface area contributed by atoms with Crippen LogP contribution in [0.2, 0.25) is 0 Å². The van der Waals surface area contributed by atoms with Crippen LogP contribution in [0.3, 0.4) is 0 Å². The van der Waals surface area contributed by atoms with Gasteiger partial charge in [0.15, 0.2) is 0 Å². The molecule has 0 radical (unpaired) electrons. The van der Waals surface area contributed by atoms with Gasteiger partial charge in [-0.1, -0.05) is 12.1 Å². The van der Waals surface area contributed by atoms with Crippen LogP contribution in [0, 0.1) is 13.8 Å². The Kier molecular flexibility index (Phi) is 5.34. The molecule has 1 aliphatic carbocycles. The maximum atomic E-state index is 13.8. The van der Waals surface area contributed by atoms with Crippen LogP contribution in [0.4, 0.5) is 5.69 Å². The number of nitrogens with zero attached hydrogens (tertiary/aromatic N) is 4. The van der Waals surface area contributed by atoms with Gasteiger partial charge in [-0.25, -0.2) is 4.98 Å². The molecule has 4 aromatic rings. The predicted octanol–water partition coefficient (Wildman–Crippen LogP) is 5.21. The second-order valence-corrected chi connectivity index (χ2v) is 11.4. The number of benzene rings is 2. The smallest absolute Gasteiger partial charge is 0.252 e. The Morgan fingerprint density at radius 3 is 2.55 bits per heavy atom. The first-order valence-electron chi connectivity index (χ1n) is 13.6. The lowest BCUT2D eigenvalue weighted by Gasteiger charge is -2.40. The molecule has 7 rings (SSSR count). The lowest BCUT2D eigenvalue weighted by molar-refractivity contribution is 0.0930. The minimum atomic E-state index is -0.426. The molecule has 2 atom stereocenters. The van der Waals surface area contributed by atoms with Gasteiger partial charge in [0.05, 0.1) is 17.3 Å². The number of carbonyl (C=O) groups is 1. The normalized spacial score (nSPS) is 22.1. The number of amides is 1. The third-order valence-electron chi connectivity index (χ3n) is 8.92. The third kappa shape index (κ3) is 3.88. The topological polar surface area (TPSA) is 74.5 Å². The molecule has 194 valence electrons. The van der Waals surface area contributed by atoms with Crippen LogP contribution in [-0.4, -0.2) is 53.0 Å². The molecule has 2 unspecified atom stereocenters. The number of pyridine rings is 1. The van der Waals surface area contributed by atoms with E-state index in [0.29, 0.717) is 18.0 Å². The molecule has 1 N–H and O–H groups in total. The number of rotatable bonds is 5. The quantitative estimate of drug-likeness (QED) is 0.400. The lowest BCUT2D eigenvalue weighted by atomic mass is 9.95. The second kappa shape index (κ2) is 8.67. The van der Waals surface area contributed by atoms with Gasteiger partial charge in [0.25, 0.3) is 5.91 Å². The summed E-state index contributed by atoms with van der Waals surface area (Å²) in [6, 6.07) is 15.8. The van der Waals surface area contributed by atoms with Crippen molar-refractivity contribution in [3.8, 4) is 11.5 Å². The van der Waals surface area contributed by atoms with Crippen molar-refractivity contribution in [3.05, 3.63) is 77.3 Å². The molecule has 7 nitrogen and oxygen atoms in total. The minimum absolute atomic E-state index is 0.0197. The number of hydrogen-bond donors (Lipinski definition) is 1. The first kappa shape index (κ1) is 23.4. The average Bonchev–Trinajstić information content (AvgIpc) is 3.41. The van der Waals surface area contributed by atoms with E-state index in [9.17, 15) is 4.79 Å². The Morgan fingerprint density at radius 1 is 1.05 bits per heavy atom. The first-order valence-corrected chi connectivity index (χ1v) is 13.6. The van der Waals surface area contributed by atoms with Crippen molar-refractivity contribution in [2.24, 2.45) is 0 Å². The lowest BCUT2D eigenvalue weighted by Crippen LogP contribution is -2.52. The summed E-state index contributed by atoms with van der Waals surface area (Å²) in [5.74, 6) is 0.539. The Morgan fingerprint density at radius 2 is 1.84 bits per heavy atom. The maximum Gasteiger partial charge on any atom is 0.252 e. The number of nitrogens with one attached hydrogen (secondary N) is 1. The van der Waals surface area contributed by atoms with E-state index in [-0.39, 0.29) is 5.91 Å². The zero-order valence-electron chi connectivity index (χ0n) is 22.2. The highest BCUT2D eigenvalue weighted by atomic mass is 16.3. The molecule has 2 aromatic heterocycles. The molecule has 4 heterocycles. The van der Waals surface area contributed by atoms with Gasteiger partial charge >= 0.3 is 0 Å². The second-order valence-electron chi connectivity index (χ2n) is 11.4. The highest BCUT2D eigenvalue weighted by Gasteiger charge is 2.47. The fourth-order valence-electron chi connectivity index (χ4n) is 6.47. The largest absolute Gasteiger partial charge is 0.445 e. The molecule has 3 aliphatic rings. The van der Waals surface area contributed by atoms with E-state index in [4.69, 9.17) is 9.40 Å². The van der Waals surface area contributed by atoms with Gasteiger partial charge in [0.2, 0.25) is 5.89 Å². The summed E-state index contributed by atoms with van der Waals surface area (Å²) in [6.45, 7) is 6.06. The summed E-state index contributed by atoms with van der Waals surface area (Å²) in [6.07, 6.45) is 7.52. The number of fused-ring (bicyclic) bond motifs is 3. The van der Waals surface area contributed by atoms with Crippen molar-refractivity contribution in [2.45, 2.75) is 57.2 Å². The molecule has 2 bridgehead atoms. The molecule has 7 heteroatoms. The zero-order valence-corrected chi connectivity index (χ0v) is 22.2. The minimum Gasteiger partial charge on any atom is -0.445 e. The van der Waals surface area contributed by atoms with Crippen LogP contribution in [0.1, 0.15) is 52.9 Å². The van der Waals surface area contributed by atoms with E-state index in [0.717, 1.165) is 70.5 Å². The number of carbonyl (C=O) groups excluding carboxylic acids is 1. The highest BCUT2D eigenvalue weighted by Crippen LogP contribution is 2.49. The number of aryl methyl sites for hydroxylation is 2. The molecule has 1 amide bonds. The van der Waals surface area contributed by atoms with Crippen LogP contribution >= 0.6 is 0 Å². The number of hydrogen-bond acceptors (Lipinski definition) is 6. The van der Waals surface area contributed by atoms with E-state index in [2.05, 4.69) is 57.5 Å². The Labute approximate surface area is 222 Å². The van der Waals surface area contributed by atoms with Crippen LogP contribution in [0.15, 0.2) is 59.3 Å². The van der Waals surface area contributed by atoms with Crippen molar-refractivity contribution < 1.29 is 9.21 Å². The summed E-state index contributed by atoms with van der Waals surface area (Å²) in [7, 11) is 2.25. The van der Waals surface area contributed by atoms with E-state index < -0.39 is 5.54 Å². The van der Waals surface area contributed by atoms with Gasteiger partial charge in [-0.2, -0.15) is 0 Å². The van der Waals surface area contributed by atoms with Gasteiger partial charge < -0.3 is 14.6 Å². The van der Waals surface area contributed by atoms with E-state index in [1.54, 1.807) is 12.5 Å². The number of oxazole rings is 1. The van der Waals surface area contributed by atoms with Gasteiger partial charge in [-0.05, 0) is 88.0 Å². The maximum absolute atomic E-state index is 13.8. The number of anilines is 1. The van der Waals surface area contributed by atoms with Crippen molar-refractivity contribution in [2.75, 3.05) is 25.0 Å². The SMILES string of the molecule is Cc1ccc2c(C3(NC(=O)c4cc(N5CC6CCC(C5)N6C)ccc4C)CC3)cc(-c3ncco3)cc2n1. The van der Waals surface area contributed by atoms with Crippen molar-refractivity contribution in [1.29, 1.82) is 0 Å². The van der Waals surface area contributed by atoms with Gasteiger partial charge in [-0.15, -0.1) is 0 Å². The number of piperazine rings is 1. The molecule has 0 spiro atoms. The standard InChI is InChI=1S/C31H33N5O2/c1-19-4-6-22(36-17-23-7-8-24(18-36)35(23)3)16-26(19)29(37)34-31(10-11-31)27-14-21(30-32-12-13-38-30)15-28-25(27)9-5-20(2)33-28/h4-6,9,12-16,23-24H,7-8,10-11,17-18H2,1-3H3,(H,34,37). The van der Waals surface area contributed by atoms with Crippen LogP contribution < -0.4 is 10.2 Å². The summed E-state index contributed by atoms with van der Waals surface area (Å²) in [4.78, 5) is 28.0. The molecule has 2 aromatic carbocycles. The summed E-state index contributed by atoms with van der Waals surface area (Å²) < 4.78 is 5.62. The number of likely N-dealkylation sites (N-methyl/N-ethyl adjacent to an activating group) is 1. The molecule has 2 saturated heterocycles. The highest BCUT2D eigenvalue weighted by molar-refractivity contribution is 5.98. The van der Waals surface area contributed by atoms with E-state index in [1.165, 1.54) is 12.8 Å². The monoisotopic (exact) mass is 507 g/mol. The number of aromatic nitrogens is 2. The first-order chi connectivity index (χ1) is 18.4. The summed E-state index contributed by atoms with van der Waals surface area (Å²) >= 11 is 0. The zero-order chi connectivity index (χ0) is 26.0. The molecular formula is C31H33N5O2. The van der Waals surface area contributed by atoms with Crippen molar-refractivity contribution >= 4 is 22.5 Å². The Hall–Kier alpha value is -3.71. The summed E-state index contributed by atoms with van der Waals surface area (Å²) in [5.41, 5.74) is 6.26. The molecule has 3 fully saturated rings. The van der Waals surface area contributed by atoms with E-state index in [1.807, 2.05) is 26.0 Å². The Balaban J connectivity index is 1.22. The molecule has 38 heavy (non-hydrogen) atoms. The van der Waals surface area contributed by atoms with Gasteiger partial charge in [0, 0.05) is 53.1 Å². The van der Waals surface area contributed by atoms with Crippen LogP contribution in [-0.2, 0) is 5.54 Å². The van der Waals surface area contributed by atoms with Crippen LogP contribution in [0.25, 0.3) is 22.4 Å². The third-order valence-corrected chi connectivity index (χ3v) is 8.92. The molecular weight excluding hydrogens is 474 g/mol. The van der Waals surface area contributed by atoms with Crippen molar-refractivity contribution in [1.82, 2.24) is 20.2 Å². The molecule has 2 aliphatic heterocycles. The van der Waals surface area contributed by atoms with Gasteiger partial charge in [-0.3, -0.25) is 14.7 Å². The van der Waals surface area contributed by atoms with Crippen LogP contribution in [0.5, 0.6) is 0 Å².